The van der Waals surface area contributed by atoms with Gasteiger partial charge in [0.1, 0.15) is 0 Å². The first kappa shape index (κ1) is 20.7. The monoisotopic (exact) mass is 414 g/mol. The second-order valence-electron chi connectivity index (χ2n) is 6.89. The van der Waals surface area contributed by atoms with Crippen LogP contribution in [0.4, 0.5) is 13.2 Å². The summed E-state index contributed by atoms with van der Waals surface area (Å²) in [5.41, 5.74) is 0.522. The van der Waals surface area contributed by atoms with Crippen molar-refractivity contribution in [3.8, 4) is 0 Å². The first-order valence-electron chi connectivity index (χ1n) is 9.09. The molecule has 1 aliphatic rings. The molecule has 0 aliphatic carbocycles. The van der Waals surface area contributed by atoms with E-state index in [0.29, 0.717) is 18.8 Å². The molecule has 0 spiro atoms. The van der Waals surface area contributed by atoms with Crippen molar-refractivity contribution < 1.29 is 18.0 Å². The molecule has 28 heavy (non-hydrogen) atoms. The van der Waals surface area contributed by atoms with Gasteiger partial charge < -0.3 is 4.90 Å². The highest BCUT2D eigenvalue weighted by Crippen LogP contribution is 2.28. The zero-order chi connectivity index (χ0) is 20.3. The average molecular weight is 415 g/mol. The van der Waals surface area contributed by atoms with Gasteiger partial charge in [-0.25, -0.2) is 0 Å². The fraction of sp³-hybridized carbons (Fsp3) is 0.474. The molecule has 1 aromatic carbocycles. The van der Waals surface area contributed by atoms with Crippen molar-refractivity contribution in [3.63, 3.8) is 0 Å². The van der Waals surface area contributed by atoms with Gasteiger partial charge in [-0.15, -0.1) is 0 Å². The lowest BCUT2D eigenvalue weighted by atomic mass is 10.2. The van der Waals surface area contributed by atoms with E-state index in [1.165, 1.54) is 4.68 Å². The van der Waals surface area contributed by atoms with Gasteiger partial charge in [0.15, 0.2) is 5.69 Å². The number of amides is 1. The Morgan fingerprint density at radius 1 is 1.18 bits per heavy atom. The van der Waals surface area contributed by atoms with Crippen LogP contribution in [0.25, 0.3) is 0 Å². The van der Waals surface area contributed by atoms with Crippen molar-refractivity contribution in [3.05, 3.63) is 52.3 Å². The van der Waals surface area contributed by atoms with Gasteiger partial charge >= 0.3 is 6.18 Å². The molecule has 5 nitrogen and oxygen atoms in total. The molecule has 0 saturated carbocycles. The molecule has 2 heterocycles. The van der Waals surface area contributed by atoms with Crippen LogP contribution in [0.15, 0.2) is 30.3 Å². The topological polar surface area (TPSA) is 41.4 Å². The summed E-state index contributed by atoms with van der Waals surface area (Å²) in [7, 11) is 0. The lowest BCUT2D eigenvalue weighted by molar-refractivity contribution is -0.141. The van der Waals surface area contributed by atoms with Gasteiger partial charge in [0.05, 0.1) is 0 Å². The Kier molecular flexibility index (Phi) is 6.30. The zero-order valence-electron chi connectivity index (χ0n) is 15.5. The number of aryl methyl sites for hydroxylation is 2. The van der Waals surface area contributed by atoms with Crippen LogP contribution in [0.3, 0.4) is 0 Å². The summed E-state index contributed by atoms with van der Waals surface area (Å²) in [6.45, 7) is 5.07. The van der Waals surface area contributed by atoms with Crippen molar-refractivity contribution >= 4 is 17.5 Å². The highest BCUT2D eigenvalue weighted by molar-refractivity contribution is 6.31. The van der Waals surface area contributed by atoms with Crippen LogP contribution in [0.2, 0.25) is 5.02 Å². The first-order valence-corrected chi connectivity index (χ1v) is 9.47. The third-order valence-electron chi connectivity index (χ3n) is 4.89. The number of alkyl halides is 3. The quantitative estimate of drug-likeness (QED) is 0.750. The number of piperazine rings is 1. The number of aromatic nitrogens is 2. The number of hydrogen-bond acceptors (Lipinski definition) is 3. The average Bonchev–Trinajstić information content (AvgIpc) is 3.03. The fourth-order valence-electron chi connectivity index (χ4n) is 3.26. The number of nitrogens with zero attached hydrogens (tertiary/aromatic N) is 4. The molecule has 1 aliphatic heterocycles. The Balaban J connectivity index is 1.48. The Morgan fingerprint density at radius 2 is 1.86 bits per heavy atom. The largest absolute Gasteiger partial charge is 0.435 e. The van der Waals surface area contributed by atoms with Crippen molar-refractivity contribution in [2.75, 3.05) is 26.2 Å². The minimum Gasteiger partial charge on any atom is -0.340 e. The van der Waals surface area contributed by atoms with Gasteiger partial charge in [0, 0.05) is 56.4 Å². The number of rotatable bonds is 5. The van der Waals surface area contributed by atoms with E-state index in [1.54, 1.807) is 11.8 Å². The predicted octanol–water partition coefficient (Wildman–Crippen LogP) is 3.60. The molecular formula is C19H22ClF3N4O. The summed E-state index contributed by atoms with van der Waals surface area (Å²) in [6.07, 6.45) is -4.34. The number of benzene rings is 1. The maximum Gasteiger partial charge on any atom is 0.435 e. The first-order chi connectivity index (χ1) is 13.2. The number of carbonyl (C=O) groups is 1. The lowest BCUT2D eigenvalue weighted by Gasteiger charge is -2.35. The standard InChI is InChI=1S/C19H22ClF3N4O/c1-14-12-17(19(21,22)23)24-27(14)7-6-18(28)26-10-8-25(9-11-26)13-15-4-2-3-5-16(15)20/h2-5,12H,6-11,13H2,1H3. The molecule has 1 aromatic heterocycles. The van der Waals surface area contributed by atoms with Gasteiger partial charge in [0.2, 0.25) is 5.91 Å². The number of hydrogen-bond donors (Lipinski definition) is 0. The number of carbonyl (C=O) groups excluding carboxylic acids is 1. The van der Waals surface area contributed by atoms with E-state index in [2.05, 4.69) is 10.00 Å². The van der Waals surface area contributed by atoms with Gasteiger partial charge in [-0.1, -0.05) is 29.8 Å². The third-order valence-corrected chi connectivity index (χ3v) is 5.25. The fourth-order valence-corrected chi connectivity index (χ4v) is 3.45. The van der Waals surface area contributed by atoms with E-state index >= 15 is 0 Å². The number of halogens is 4. The highest BCUT2D eigenvalue weighted by Gasteiger charge is 2.34. The third kappa shape index (κ3) is 5.05. The van der Waals surface area contributed by atoms with Crippen LogP contribution >= 0.6 is 11.6 Å². The van der Waals surface area contributed by atoms with Gasteiger partial charge in [0.25, 0.3) is 0 Å². The van der Waals surface area contributed by atoms with E-state index < -0.39 is 11.9 Å². The Morgan fingerprint density at radius 3 is 2.46 bits per heavy atom. The molecule has 3 rings (SSSR count). The van der Waals surface area contributed by atoms with E-state index in [4.69, 9.17) is 11.6 Å². The second kappa shape index (κ2) is 8.53. The summed E-state index contributed by atoms with van der Waals surface area (Å²) < 4.78 is 39.4. The van der Waals surface area contributed by atoms with Gasteiger partial charge in [-0.2, -0.15) is 18.3 Å². The van der Waals surface area contributed by atoms with Crippen molar-refractivity contribution in [1.82, 2.24) is 19.6 Å². The molecule has 2 aromatic rings. The van der Waals surface area contributed by atoms with E-state index in [-0.39, 0.29) is 18.9 Å². The normalized spacial score (nSPS) is 15.8. The van der Waals surface area contributed by atoms with E-state index in [9.17, 15) is 18.0 Å². The Bertz CT molecular complexity index is 829. The smallest absolute Gasteiger partial charge is 0.340 e. The van der Waals surface area contributed by atoms with Crippen molar-refractivity contribution in [1.29, 1.82) is 0 Å². The van der Waals surface area contributed by atoms with E-state index in [1.807, 2.05) is 24.3 Å². The minimum absolute atomic E-state index is 0.0687. The van der Waals surface area contributed by atoms with Crippen molar-refractivity contribution in [2.24, 2.45) is 0 Å². The van der Waals surface area contributed by atoms with Gasteiger partial charge in [-0.05, 0) is 24.6 Å². The van der Waals surface area contributed by atoms with Gasteiger partial charge in [-0.3, -0.25) is 14.4 Å². The molecule has 9 heteroatoms. The zero-order valence-corrected chi connectivity index (χ0v) is 16.3. The molecule has 1 amide bonds. The molecule has 0 unspecified atom stereocenters. The molecule has 0 N–H and O–H groups in total. The van der Waals surface area contributed by atoms with Crippen LogP contribution in [0.1, 0.15) is 23.4 Å². The van der Waals surface area contributed by atoms with Crippen LogP contribution < -0.4 is 0 Å². The van der Waals surface area contributed by atoms with Crippen LogP contribution in [-0.4, -0.2) is 51.7 Å². The highest BCUT2D eigenvalue weighted by atomic mass is 35.5. The molecule has 1 saturated heterocycles. The maximum absolute atomic E-state index is 12.7. The Labute approximate surface area is 166 Å². The molecule has 152 valence electrons. The van der Waals surface area contributed by atoms with Crippen LogP contribution in [-0.2, 0) is 24.1 Å². The minimum atomic E-state index is -4.47. The summed E-state index contributed by atoms with van der Waals surface area (Å²) in [6, 6.07) is 8.68. The SMILES string of the molecule is Cc1cc(C(F)(F)F)nn1CCC(=O)N1CCN(Cc2ccccc2Cl)CC1. The van der Waals surface area contributed by atoms with Crippen LogP contribution in [0, 0.1) is 6.92 Å². The van der Waals surface area contributed by atoms with Crippen molar-refractivity contribution in [2.45, 2.75) is 32.6 Å². The summed E-state index contributed by atoms with van der Waals surface area (Å²) in [4.78, 5) is 16.4. The molecule has 1 fully saturated rings. The summed E-state index contributed by atoms with van der Waals surface area (Å²) >= 11 is 6.19. The van der Waals surface area contributed by atoms with E-state index in [0.717, 1.165) is 36.3 Å². The molecule has 0 radical (unpaired) electrons. The lowest BCUT2D eigenvalue weighted by Crippen LogP contribution is -2.48. The Hall–Kier alpha value is -2.06. The summed E-state index contributed by atoms with van der Waals surface area (Å²) in [5.74, 6) is -0.0687. The second-order valence-corrected chi connectivity index (χ2v) is 7.30. The predicted molar refractivity (Wildman–Crippen MR) is 99.9 cm³/mol. The van der Waals surface area contributed by atoms with Crippen LogP contribution in [0.5, 0.6) is 0 Å². The summed E-state index contributed by atoms with van der Waals surface area (Å²) in [5, 5.41) is 4.30. The molecule has 0 atom stereocenters. The molecular weight excluding hydrogens is 393 g/mol. The maximum atomic E-state index is 12.7. The molecule has 0 bridgehead atoms.